The lowest BCUT2D eigenvalue weighted by Gasteiger charge is -2.34. The summed E-state index contributed by atoms with van der Waals surface area (Å²) in [6.07, 6.45) is 0. The highest BCUT2D eigenvalue weighted by atomic mass is 15.0. The highest BCUT2D eigenvalue weighted by molar-refractivity contribution is 6.14. The topological polar surface area (TPSA) is 14.8 Å². The van der Waals surface area contributed by atoms with E-state index in [1.165, 1.54) is 98.8 Å². The minimum absolute atomic E-state index is 0.597. The van der Waals surface area contributed by atoms with Gasteiger partial charge in [0.1, 0.15) is 0 Å². The molecule has 0 radical (unpaired) electrons. The van der Waals surface area contributed by atoms with Gasteiger partial charge in [-0.2, -0.15) is 0 Å². The van der Waals surface area contributed by atoms with Crippen molar-refractivity contribution >= 4 is 65.4 Å². The van der Waals surface area contributed by atoms with Crippen molar-refractivity contribution in [3.05, 3.63) is 259 Å². The molecule has 0 saturated carbocycles. The quantitative estimate of drug-likeness (QED) is 0.164. The van der Waals surface area contributed by atoms with Crippen LogP contribution in [0.5, 0.6) is 0 Å². The Balaban J connectivity index is 1.10. The maximum Gasteiger partial charge on any atom is 0.0714 e. The molecule has 0 fully saturated rings. The molecular weight excluding hydrogens is 775 g/mol. The van der Waals surface area contributed by atoms with E-state index in [0.29, 0.717) is 0 Å². The van der Waals surface area contributed by atoms with E-state index in [9.17, 15) is 0 Å². The summed E-state index contributed by atoms with van der Waals surface area (Å²) in [5.74, 6) is 0. The van der Waals surface area contributed by atoms with Gasteiger partial charge in [0.2, 0.25) is 0 Å². The predicted octanol–water partition coefficient (Wildman–Crippen LogP) is 15.3. The summed E-state index contributed by atoms with van der Waals surface area (Å²) in [7, 11) is 0. The van der Waals surface area contributed by atoms with Gasteiger partial charge in [-0.3, -0.25) is 0 Å². The molecule has 3 heterocycles. The number of aromatic nitrogens is 3. The molecule has 3 nitrogen and oxygen atoms in total. The van der Waals surface area contributed by atoms with Crippen LogP contribution in [-0.2, 0) is 5.41 Å². The first kappa shape index (κ1) is 35.2. The van der Waals surface area contributed by atoms with E-state index in [1.807, 2.05) is 0 Å². The molecule has 64 heavy (non-hydrogen) atoms. The molecular formula is C61H39N3. The van der Waals surface area contributed by atoms with Crippen LogP contribution in [0, 0.1) is 0 Å². The average molecular weight is 814 g/mol. The fourth-order valence-electron chi connectivity index (χ4n) is 11.5. The van der Waals surface area contributed by atoms with Crippen LogP contribution in [-0.4, -0.2) is 13.7 Å². The Bertz CT molecular complexity index is 3850. The molecule has 3 heteroatoms. The zero-order chi connectivity index (χ0) is 41.9. The molecule has 0 unspecified atom stereocenters. The Morgan fingerprint density at radius 1 is 0.234 bits per heavy atom. The molecule has 14 rings (SSSR count). The number of benzene rings is 10. The average Bonchev–Trinajstić information content (AvgIpc) is 4.07. The van der Waals surface area contributed by atoms with Crippen molar-refractivity contribution in [3.63, 3.8) is 0 Å². The summed E-state index contributed by atoms with van der Waals surface area (Å²) in [6.45, 7) is 0. The second kappa shape index (κ2) is 13.3. The van der Waals surface area contributed by atoms with Crippen molar-refractivity contribution in [3.8, 4) is 28.2 Å². The second-order valence-electron chi connectivity index (χ2n) is 17.2. The first-order chi connectivity index (χ1) is 31.8. The lowest BCUT2D eigenvalue weighted by atomic mass is 9.67. The first-order valence-electron chi connectivity index (χ1n) is 22.2. The molecule has 0 atom stereocenters. The minimum Gasteiger partial charge on any atom is -0.309 e. The van der Waals surface area contributed by atoms with Gasteiger partial charge in [-0.05, 0) is 106 Å². The largest absolute Gasteiger partial charge is 0.309 e. The highest BCUT2D eigenvalue weighted by Gasteiger charge is 2.47. The Hall–Kier alpha value is -8.40. The van der Waals surface area contributed by atoms with Gasteiger partial charge in [0.15, 0.2) is 0 Å². The van der Waals surface area contributed by atoms with Crippen molar-refractivity contribution in [2.24, 2.45) is 0 Å². The highest BCUT2D eigenvalue weighted by Crippen LogP contribution is 2.58. The number of hydrogen-bond donors (Lipinski definition) is 0. The molecule has 0 aliphatic heterocycles. The van der Waals surface area contributed by atoms with Crippen LogP contribution in [0.1, 0.15) is 22.3 Å². The van der Waals surface area contributed by atoms with Gasteiger partial charge in [-0.1, -0.05) is 164 Å². The third-order valence-electron chi connectivity index (χ3n) is 14.1. The summed E-state index contributed by atoms with van der Waals surface area (Å²) in [5.41, 5.74) is 17.6. The molecule has 0 N–H and O–H groups in total. The first-order valence-corrected chi connectivity index (χ1v) is 22.2. The van der Waals surface area contributed by atoms with E-state index < -0.39 is 5.41 Å². The summed E-state index contributed by atoms with van der Waals surface area (Å²) in [6, 6.07) is 87.8. The standard InChI is InChI=1S/C61H39N3/c1-4-18-40(19-5-1)61(41-20-6-2-7-21-41)53-36-43(63-55-28-14-10-24-46(55)47-25-11-15-29-56(47)63)32-34-45(53)51-39-60-52(38-54(51)61)50-35-33-44(37-59(50)62(60)42-22-8-3-9-23-42)64-57-30-16-12-26-48(57)49-27-13-17-31-58(49)64/h1-39H. The Labute approximate surface area is 369 Å². The van der Waals surface area contributed by atoms with Crippen molar-refractivity contribution < 1.29 is 0 Å². The number of fused-ring (bicyclic) bond motifs is 12. The lowest BCUT2D eigenvalue weighted by Crippen LogP contribution is -2.28. The Morgan fingerprint density at radius 3 is 1.16 bits per heavy atom. The van der Waals surface area contributed by atoms with E-state index in [2.05, 4.69) is 250 Å². The lowest BCUT2D eigenvalue weighted by molar-refractivity contribution is 0.768. The molecule has 3 aromatic heterocycles. The maximum absolute atomic E-state index is 2.53. The molecule has 0 bridgehead atoms. The zero-order valence-corrected chi connectivity index (χ0v) is 34.9. The summed E-state index contributed by atoms with van der Waals surface area (Å²) < 4.78 is 7.37. The van der Waals surface area contributed by atoms with Crippen molar-refractivity contribution in [1.82, 2.24) is 13.7 Å². The van der Waals surface area contributed by atoms with Crippen molar-refractivity contribution in [2.45, 2.75) is 5.41 Å². The third kappa shape index (κ3) is 4.70. The Kier molecular flexibility index (Phi) is 7.32. The van der Waals surface area contributed by atoms with Crippen LogP contribution in [0.25, 0.3) is 93.6 Å². The number of nitrogens with zero attached hydrogens (tertiary/aromatic N) is 3. The van der Waals surface area contributed by atoms with E-state index >= 15 is 0 Å². The van der Waals surface area contributed by atoms with Crippen molar-refractivity contribution in [1.29, 1.82) is 0 Å². The second-order valence-corrected chi connectivity index (χ2v) is 17.2. The van der Waals surface area contributed by atoms with Gasteiger partial charge in [0, 0.05) is 49.4 Å². The molecule has 0 amide bonds. The SMILES string of the molecule is c1ccc(-n2c3cc(-n4c5ccccc5c5ccccc54)ccc3c3cc4c(cc32)-c2ccc(-n3c5ccccc5c5ccccc53)cc2C4(c2ccccc2)c2ccccc2)cc1. The fraction of sp³-hybridized carbons (Fsp3) is 0.0164. The van der Waals surface area contributed by atoms with E-state index in [0.717, 1.165) is 17.1 Å². The van der Waals surface area contributed by atoms with Crippen LogP contribution < -0.4 is 0 Å². The van der Waals surface area contributed by atoms with Gasteiger partial charge < -0.3 is 13.7 Å². The molecule has 13 aromatic rings. The van der Waals surface area contributed by atoms with E-state index in [1.54, 1.807) is 0 Å². The zero-order valence-electron chi connectivity index (χ0n) is 34.9. The predicted molar refractivity (Wildman–Crippen MR) is 267 cm³/mol. The van der Waals surface area contributed by atoms with Crippen LogP contribution in [0.2, 0.25) is 0 Å². The van der Waals surface area contributed by atoms with Gasteiger partial charge in [0.05, 0.1) is 38.5 Å². The maximum atomic E-state index is 2.53. The smallest absolute Gasteiger partial charge is 0.0714 e. The van der Waals surface area contributed by atoms with Crippen LogP contribution in [0.15, 0.2) is 237 Å². The van der Waals surface area contributed by atoms with Gasteiger partial charge >= 0.3 is 0 Å². The minimum atomic E-state index is -0.597. The van der Waals surface area contributed by atoms with Gasteiger partial charge in [-0.25, -0.2) is 0 Å². The molecule has 1 aliphatic rings. The monoisotopic (exact) mass is 813 g/mol. The molecule has 1 aliphatic carbocycles. The normalized spacial score (nSPS) is 13.1. The third-order valence-corrected chi connectivity index (χ3v) is 14.1. The van der Waals surface area contributed by atoms with Gasteiger partial charge in [0.25, 0.3) is 0 Å². The van der Waals surface area contributed by atoms with E-state index in [-0.39, 0.29) is 0 Å². The summed E-state index contributed by atoms with van der Waals surface area (Å²) in [4.78, 5) is 0. The molecule has 10 aromatic carbocycles. The number of rotatable bonds is 5. The van der Waals surface area contributed by atoms with Crippen molar-refractivity contribution in [2.75, 3.05) is 0 Å². The fourth-order valence-corrected chi connectivity index (χ4v) is 11.5. The Morgan fingerprint density at radius 2 is 0.625 bits per heavy atom. The molecule has 0 saturated heterocycles. The molecule has 0 spiro atoms. The summed E-state index contributed by atoms with van der Waals surface area (Å²) >= 11 is 0. The summed E-state index contributed by atoms with van der Waals surface area (Å²) in [5, 5.41) is 7.50. The number of hydrogen-bond acceptors (Lipinski definition) is 0. The van der Waals surface area contributed by atoms with Crippen LogP contribution in [0.4, 0.5) is 0 Å². The van der Waals surface area contributed by atoms with E-state index in [4.69, 9.17) is 0 Å². The van der Waals surface area contributed by atoms with Gasteiger partial charge in [-0.15, -0.1) is 0 Å². The van der Waals surface area contributed by atoms with Crippen LogP contribution in [0.3, 0.4) is 0 Å². The molecule has 298 valence electrons. The number of para-hydroxylation sites is 5. The van der Waals surface area contributed by atoms with Crippen LogP contribution >= 0.6 is 0 Å².